The predicted octanol–water partition coefficient (Wildman–Crippen LogP) is 3.48. The molecule has 2 aromatic rings. The molecule has 1 fully saturated rings. The van der Waals surface area contributed by atoms with E-state index in [4.69, 9.17) is 10.5 Å². The second-order valence-electron chi connectivity index (χ2n) is 6.09. The monoisotopic (exact) mass is 310 g/mol. The first-order valence-electron chi connectivity index (χ1n) is 8.06. The van der Waals surface area contributed by atoms with E-state index in [0.717, 1.165) is 31.4 Å². The average molecular weight is 310 g/mol. The molecule has 0 atom stereocenters. The van der Waals surface area contributed by atoms with Gasteiger partial charge in [-0.1, -0.05) is 37.1 Å². The molecule has 3 N–H and O–H groups in total. The van der Waals surface area contributed by atoms with Crippen molar-refractivity contribution in [3.05, 3.63) is 60.2 Å². The molecule has 1 amide bonds. The summed E-state index contributed by atoms with van der Waals surface area (Å²) < 4.78 is 5.79. The van der Waals surface area contributed by atoms with Crippen LogP contribution in [-0.2, 0) is 0 Å². The van der Waals surface area contributed by atoms with Crippen molar-refractivity contribution in [2.24, 2.45) is 5.73 Å². The predicted molar refractivity (Wildman–Crippen MR) is 90.7 cm³/mol. The molecule has 0 bridgehead atoms. The molecular formula is C19H22N2O2. The number of ether oxygens (including phenoxy) is 1. The van der Waals surface area contributed by atoms with Crippen molar-refractivity contribution in [2.75, 3.05) is 6.54 Å². The topological polar surface area (TPSA) is 64.3 Å². The lowest BCUT2D eigenvalue weighted by atomic mass is 9.97. The molecule has 4 heteroatoms. The quantitative estimate of drug-likeness (QED) is 0.888. The molecule has 0 spiro atoms. The molecule has 23 heavy (non-hydrogen) atoms. The van der Waals surface area contributed by atoms with Gasteiger partial charge in [-0.25, -0.2) is 0 Å². The van der Waals surface area contributed by atoms with Crippen molar-refractivity contribution < 1.29 is 9.53 Å². The minimum Gasteiger partial charge on any atom is -0.457 e. The molecule has 2 aromatic carbocycles. The number of para-hydroxylation sites is 1. The Balaban J connectivity index is 1.73. The highest BCUT2D eigenvalue weighted by Crippen LogP contribution is 2.29. The zero-order chi connectivity index (χ0) is 16.1. The second kappa shape index (κ2) is 6.84. The van der Waals surface area contributed by atoms with Crippen molar-refractivity contribution in [3.8, 4) is 11.5 Å². The Bertz CT molecular complexity index is 664. The van der Waals surface area contributed by atoms with Gasteiger partial charge in [0, 0.05) is 12.1 Å². The number of rotatable bonds is 5. The molecule has 0 radical (unpaired) electrons. The third-order valence-electron chi connectivity index (χ3n) is 4.41. The summed E-state index contributed by atoms with van der Waals surface area (Å²) in [4.78, 5) is 12.5. The Morgan fingerprint density at radius 3 is 2.43 bits per heavy atom. The first kappa shape index (κ1) is 15.6. The average Bonchev–Trinajstić information content (AvgIpc) is 3.05. The number of carbonyl (C=O) groups is 1. The number of hydrogen-bond donors (Lipinski definition) is 2. The van der Waals surface area contributed by atoms with E-state index >= 15 is 0 Å². The van der Waals surface area contributed by atoms with E-state index in [2.05, 4.69) is 5.32 Å². The van der Waals surface area contributed by atoms with E-state index in [1.807, 2.05) is 42.5 Å². The van der Waals surface area contributed by atoms with E-state index in [1.165, 1.54) is 0 Å². The van der Waals surface area contributed by atoms with Crippen molar-refractivity contribution in [2.45, 2.75) is 31.2 Å². The molecule has 120 valence electrons. The van der Waals surface area contributed by atoms with Crippen molar-refractivity contribution in [3.63, 3.8) is 0 Å². The largest absolute Gasteiger partial charge is 0.457 e. The summed E-state index contributed by atoms with van der Waals surface area (Å²) in [6.07, 6.45) is 4.15. The van der Waals surface area contributed by atoms with Gasteiger partial charge in [-0.15, -0.1) is 0 Å². The van der Waals surface area contributed by atoms with Gasteiger partial charge in [-0.2, -0.15) is 0 Å². The Morgan fingerprint density at radius 2 is 1.74 bits per heavy atom. The highest BCUT2D eigenvalue weighted by molar-refractivity contribution is 5.95. The second-order valence-corrected chi connectivity index (χ2v) is 6.09. The normalized spacial score (nSPS) is 16.0. The van der Waals surface area contributed by atoms with Crippen LogP contribution in [0.4, 0.5) is 0 Å². The maximum Gasteiger partial charge on any atom is 0.251 e. The van der Waals surface area contributed by atoms with Gasteiger partial charge >= 0.3 is 0 Å². The van der Waals surface area contributed by atoms with Crippen molar-refractivity contribution >= 4 is 5.91 Å². The lowest BCUT2D eigenvalue weighted by Gasteiger charge is -2.28. The minimum absolute atomic E-state index is 0.0872. The minimum atomic E-state index is -0.243. The number of nitrogens with two attached hydrogens (primary N) is 1. The Hall–Kier alpha value is -2.33. The molecule has 1 aliphatic carbocycles. The molecule has 0 unspecified atom stereocenters. The molecule has 0 heterocycles. The summed E-state index contributed by atoms with van der Waals surface area (Å²) in [5, 5.41) is 3.13. The Kier molecular flexibility index (Phi) is 4.63. The molecular weight excluding hydrogens is 288 g/mol. The van der Waals surface area contributed by atoms with E-state index in [0.29, 0.717) is 17.9 Å². The van der Waals surface area contributed by atoms with E-state index < -0.39 is 0 Å². The van der Waals surface area contributed by atoms with Crippen molar-refractivity contribution in [1.29, 1.82) is 0 Å². The lowest BCUT2D eigenvalue weighted by Crippen LogP contribution is -2.51. The summed E-state index contributed by atoms with van der Waals surface area (Å²) >= 11 is 0. The molecule has 0 aliphatic heterocycles. The number of carbonyl (C=O) groups excluding carboxylic acids is 1. The summed E-state index contributed by atoms with van der Waals surface area (Å²) in [5.41, 5.74) is 6.24. The molecule has 4 nitrogen and oxygen atoms in total. The van der Waals surface area contributed by atoms with Crippen LogP contribution in [0, 0.1) is 0 Å². The molecule has 1 aliphatic rings. The fraction of sp³-hybridized carbons (Fsp3) is 0.316. The number of hydrogen-bond acceptors (Lipinski definition) is 3. The van der Waals surface area contributed by atoms with E-state index in [-0.39, 0.29) is 11.4 Å². The van der Waals surface area contributed by atoms with Gasteiger partial charge in [0.15, 0.2) is 0 Å². The summed E-state index contributed by atoms with van der Waals surface area (Å²) in [7, 11) is 0. The third-order valence-corrected chi connectivity index (χ3v) is 4.41. The van der Waals surface area contributed by atoms with Crippen LogP contribution in [0.5, 0.6) is 11.5 Å². The summed E-state index contributed by atoms with van der Waals surface area (Å²) in [6, 6.07) is 16.8. The zero-order valence-corrected chi connectivity index (χ0v) is 13.1. The smallest absolute Gasteiger partial charge is 0.251 e. The van der Waals surface area contributed by atoms with Crippen LogP contribution in [0.1, 0.15) is 36.0 Å². The third kappa shape index (κ3) is 3.71. The highest BCUT2D eigenvalue weighted by Gasteiger charge is 2.34. The molecule has 0 saturated heterocycles. The van der Waals surface area contributed by atoms with Crippen LogP contribution < -0.4 is 15.8 Å². The first-order chi connectivity index (χ1) is 11.2. The Labute approximate surface area is 136 Å². The van der Waals surface area contributed by atoms with Crippen LogP contribution in [-0.4, -0.2) is 18.0 Å². The SMILES string of the molecule is NCC1(NC(=O)c2cccc(Oc3ccccc3)c2)CCCC1. The van der Waals surface area contributed by atoms with E-state index in [1.54, 1.807) is 12.1 Å². The standard InChI is InChI=1S/C19H22N2O2/c20-14-19(11-4-5-12-19)21-18(22)15-7-6-10-17(13-15)23-16-8-2-1-3-9-16/h1-3,6-10,13H,4-5,11-12,14,20H2,(H,21,22). The number of nitrogens with one attached hydrogen (secondary N) is 1. The maximum atomic E-state index is 12.5. The molecule has 0 aromatic heterocycles. The van der Waals surface area contributed by atoms with Crippen LogP contribution in [0.25, 0.3) is 0 Å². The molecule has 1 saturated carbocycles. The van der Waals surface area contributed by atoms with E-state index in [9.17, 15) is 4.79 Å². The summed E-state index contributed by atoms with van der Waals surface area (Å²) in [5.74, 6) is 1.31. The number of amides is 1. The van der Waals surface area contributed by atoms with Gasteiger partial charge in [0.05, 0.1) is 5.54 Å². The highest BCUT2D eigenvalue weighted by atomic mass is 16.5. The van der Waals surface area contributed by atoms with Crippen LogP contribution in [0.15, 0.2) is 54.6 Å². The van der Waals surface area contributed by atoms with Gasteiger partial charge in [0.2, 0.25) is 0 Å². The van der Waals surface area contributed by atoms with Gasteiger partial charge < -0.3 is 15.8 Å². The van der Waals surface area contributed by atoms with Gasteiger partial charge in [0.1, 0.15) is 11.5 Å². The van der Waals surface area contributed by atoms with Crippen LogP contribution in [0.2, 0.25) is 0 Å². The number of benzene rings is 2. The van der Waals surface area contributed by atoms with Crippen LogP contribution in [0.3, 0.4) is 0 Å². The summed E-state index contributed by atoms with van der Waals surface area (Å²) in [6.45, 7) is 0.485. The van der Waals surface area contributed by atoms with Crippen molar-refractivity contribution in [1.82, 2.24) is 5.32 Å². The maximum absolute atomic E-state index is 12.5. The fourth-order valence-electron chi connectivity index (χ4n) is 3.07. The fourth-order valence-corrected chi connectivity index (χ4v) is 3.07. The van der Waals surface area contributed by atoms with Gasteiger partial charge in [-0.05, 0) is 43.2 Å². The molecule has 3 rings (SSSR count). The zero-order valence-electron chi connectivity index (χ0n) is 13.1. The first-order valence-corrected chi connectivity index (χ1v) is 8.06. The Morgan fingerprint density at radius 1 is 1.04 bits per heavy atom. The van der Waals surface area contributed by atoms with Crippen LogP contribution >= 0.6 is 0 Å². The van der Waals surface area contributed by atoms with Gasteiger partial charge in [0.25, 0.3) is 5.91 Å². The van der Waals surface area contributed by atoms with Gasteiger partial charge in [-0.3, -0.25) is 4.79 Å². The lowest BCUT2D eigenvalue weighted by molar-refractivity contribution is 0.0903.